The van der Waals surface area contributed by atoms with Crippen molar-refractivity contribution in [2.45, 2.75) is 17.6 Å². The second-order valence-electron chi connectivity index (χ2n) is 6.82. The smallest absolute Gasteiger partial charge is 0.408 e. The summed E-state index contributed by atoms with van der Waals surface area (Å²) in [5, 5.41) is 15.2. The largest absolute Gasteiger partial charge is 0.438 e. The summed E-state index contributed by atoms with van der Waals surface area (Å²) < 4.78 is 73.0. The Morgan fingerprint density at radius 2 is 1.91 bits per heavy atom. The van der Waals surface area contributed by atoms with Gasteiger partial charge >= 0.3 is 6.18 Å². The molecule has 0 saturated carbocycles. The molecule has 4 aromatic rings. The molecule has 0 aliphatic carbocycles. The Bertz CT molecular complexity index is 1450. The summed E-state index contributed by atoms with van der Waals surface area (Å²) in [4.78, 5) is 3.61. The fourth-order valence-corrected chi connectivity index (χ4v) is 4.74. The molecule has 13 heteroatoms. The van der Waals surface area contributed by atoms with Gasteiger partial charge in [-0.1, -0.05) is 30.3 Å². The number of anilines is 1. The van der Waals surface area contributed by atoms with E-state index in [-0.39, 0.29) is 32.9 Å². The van der Waals surface area contributed by atoms with E-state index in [4.69, 9.17) is 4.74 Å². The van der Waals surface area contributed by atoms with Gasteiger partial charge in [0, 0.05) is 23.2 Å². The molecule has 0 aliphatic heterocycles. The number of hydrogen-bond acceptors (Lipinski definition) is 7. The number of nitriles is 1. The lowest BCUT2D eigenvalue weighted by atomic mass is 10.2. The molecule has 34 heavy (non-hydrogen) atoms. The van der Waals surface area contributed by atoms with Crippen molar-refractivity contribution in [2.75, 3.05) is 4.72 Å². The molecule has 0 amide bonds. The fourth-order valence-electron chi connectivity index (χ4n) is 2.93. The minimum atomic E-state index is -4.57. The normalized spacial score (nSPS) is 11.7. The van der Waals surface area contributed by atoms with Crippen molar-refractivity contribution >= 4 is 26.5 Å². The molecule has 0 aliphatic rings. The highest BCUT2D eigenvalue weighted by Gasteiger charge is 2.31. The van der Waals surface area contributed by atoms with Crippen LogP contribution in [0.1, 0.15) is 5.56 Å². The van der Waals surface area contributed by atoms with Crippen LogP contribution in [0.5, 0.6) is 11.6 Å². The lowest BCUT2D eigenvalue weighted by molar-refractivity contribution is -0.143. The van der Waals surface area contributed by atoms with Crippen LogP contribution in [0.15, 0.2) is 71.1 Å². The first-order valence-electron chi connectivity index (χ1n) is 9.49. The van der Waals surface area contributed by atoms with Crippen LogP contribution in [0.2, 0.25) is 0 Å². The Balaban J connectivity index is 1.68. The highest BCUT2D eigenvalue weighted by Crippen LogP contribution is 2.32. The second-order valence-corrected chi connectivity index (χ2v) is 9.40. The first kappa shape index (κ1) is 23.3. The lowest BCUT2D eigenvalue weighted by Crippen LogP contribution is -2.19. The summed E-state index contributed by atoms with van der Waals surface area (Å²) >= 11 is 1.07. The molecule has 2 aromatic carbocycles. The van der Waals surface area contributed by atoms with Crippen molar-refractivity contribution in [1.29, 1.82) is 5.26 Å². The second kappa shape index (κ2) is 9.16. The zero-order valence-corrected chi connectivity index (χ0v) is 18.7. The van der Waals surface area contributed by atoms with Gasteiger partial charge in [-0.05, 0) is 18.2 Å². The third-order valence-electron chi connectivity index (χ3n) is 4.39. The van der Waals surface area contributed by atoms with E-state index < -0.39 is 22.7 Å². The molecule has 2 heterocycles. The molecule has 174 valence electrons. The maximum atomic E-state index is 13.1. The quantitative estimate of drug-likeness (QED) is 0.377. The van der Waals surface area contributed by atoms with Crippen LogP contribution in [0, 0.1) is 11.3 Å². The van der Waals surface area contributed by atoms with E-state index >= 15 is 0 Å². The van der Waals surface area contributed by atoms with Gasteiger partial charge in [0.25, 0.3) is 10.0 Å². The Morgan fingerprint density at radius 1 is 1.15 bits per heavy atom. The van der Waals surface area contributed by atoms with E-state index in [1.807, 2.05) is 6.07 Å². The molecule has 0 bridgehead atoms. The van der Waals surface area contributed by atoms with Crippen LogP contribution in [-0.2, 0) is 16.6 Å². The maximum absolute atomic E-state index is 13.1. The summed E-state index contributed by atoms with van der Waals surface area (Å²) in [6.45, 7) is -1.42. The lowest BCUT2D eigenvalue weighted by Gasteiger charge is -2.12. The summed E-state index contributed by atoms with van der Waals surface area (Å²) in [6.07, 6.45) is -3.15. The third kappa shape index (κ3) is 5.36. The van der Waals surface area contributed by atoms with Crippen molar-refractivity contribution in [3.8, 4) is 29.0 Å². The molecule has 0 atom stereocenters. The molecular weight excluding hydrogens is 491 g/mol. The van der Waals surface area contributed by atoms with Crippen molar-refractivity contribution < 1.29 is 26.3 Å². The number of rotatable bonds is 7. The molecule has 2 aromatic heterocycles. The SMILES string of the molecule is N#Cc1cc(S(=O)(=O)Nc2nccs2)ccc1Oc1cc(-c2ccccc2)nn1CC(F)(F)F. The Kier molecular flexibility index (Phi) is 6.27. The average molecular weight is 506 g/mol. The zero-order chi connectivity index (χ0) is 24.3. The van der Waals surface area contributed by atoms with Crippen LogP contribution in [-0.4, -0.2) is 29.4 Å². The molecule has 0 fully saturated rings. The average Bonchev–Trinajstić information content (AvgIpc) is 3.43. The Morgan fingerprint density at radius 3 is 2.56 bits per heavy atom. The highest BCUT2D eigenvalue weighted by molar-refractivity contribution is 7.93. The molecule has 1 N–H and O–H groups in total. The van der Waals surface area contributed by atoms with E-state index in [2.05, 4.69) is 14.8 Å². The van der Waals surface area contributed by atoms with Crippen molar-refractivity contribution in [3.63, 3.8) is 0 Å². The molecular formula is C21H14F3N5O3S2. The van der Waals surface area contributed by atoms with Crippen LogP contribution in [0.3, 0.4) is 0 Å². The van der Waals surface area contributed by atoms with Crippen LogP contribution in [0.4, 0.5) is 18.3 Å². The van der Waals surface area contributed by atoms with Gasteiger partial charge in [0.05, 0.1) is 16.2 Å². The molecule has 0 radical (unpaired) electrons. The highest BCUT2D eigenvalue weighted by atomic mass is 32.2. The zero-order valence-electron chi connectivity index (χ0n) is 17.0. The number of alkyl halides is 3. The van der Waals surface area contributed by atoms with Gasteiger partial charge < -0.3 is 4.74 Å². The number of aromatic nitrogens is 3. The summed E-state index contributed by atoms with van der Waals surface area (Å²) in [7, 11) is -4.04. The summed E-state index contributed by atoms with van der Waals surface area (Å²) in [6, 6.07) is 15.1. The predicted octanol–water partition coefficient (Wildman–Crippen LogP) is 5.03. The number of ether oxygens (including phenoxy) is 1. The van der Waals surface area contributed by atoms with E-state index in [1.54, 1.807) is 35.7 Å². The summed E-state index contributed by atoms with van der Waals surface area (Å²) in [5.74, 6) is -0.386. The standard InChI is InChI=1S/C21H14F3N5O3S2/c22-21(23,24)13-29-19(11-17(27-29)14-4-2-1-3-5-14)32-18-7-6-16(10-15(18)12-25)34(30,31)28-20-26-8-9-33-20/h1-11H,13H2,(H,26,28). The number of halogens is 3. The van der Waals surface area contributed by atoms with Crippen LogP contribution >= 0.6 is 11.3 Å². The van der Waals surface area contributed by atoms with Gasteiger partial charge in [0.2, 0.25) is 5.88 Å². The monoisotopic (exact) mass is 505 g/mol. The van der Waals surface area contributed by atoms with Gasteiger partial charge in [-0.15, -0.1) is 11.3 Å². The van der Waals surface area contributed by atoms with Gasteiger partial charge in [0.15, 0.2) is 5.13 Å². The molecule has 4 rings (SSSR count). The van der Waals surface area contributed by atoms with Crippen molar-refractivity contribution in [2.24, 2.45) is 0 Å². The van der Waals surface area contributed by atoms with E-state index in [1.165, 1.54) is 24.4 Å². The Labute approximate surface area is 195 Å². The first-order valence-corrected chi connectivity index (χ1v) is 11.9. The maximum Gasteiger partial charge on any atom is 0.408 e. The van der Waals surface area contributed by atoms with Gasteiger partial charge in [-0.25, -0.2) is 18.1 Å². The van der Waals surface area contributed by atoms with E-state index in [0.29, 0.717) is 10.2 Å². The van der Waals surface area contributed by atoms with Gasteiger partial charge in [-0.2, -0.15) is 23.5 Å². The molecule has 0 saturated heterocycles. The number of nitrogens with zero attached hydrogens (tertiary/aromatic N) is 4. The van der Waals surface area contributed by atoms with E-state index in [9.17, 15) is 26.9 Å². The van der Waals surface area contributed by atoms with Crippen molar-refractivity contribution in [3.05, 3.63) is 71.7 Å². The Hall–Kier alpha value is -3.89. The number of sulfonamides is 1. The number of benzene rings is 2. The fraction of sp³-hybridized carbons (Fsp3) is 0.0952. The first-order chi connectivity index (χ1) is 16.1. The minimum absolute atomic E-state index is 0.126. The topological polar surface area (TPSA) is 110 Å². The predicted molar refractivity (Wildman–Crippen MR) is 118 cm³/mol. The van der Waals surface area contributed by atoms with Gasteiger partial charge in [0.1, 0.15) is 18.4 Å². The molecule has 0 unspecified atom stereocenters. The van der Waals surface area contributed by atoms with E-state index in [0.717, 1.165) is 17.4 Å². The molecule has 0 spiro atoms. The molecule has 8 nitrogen and oxygen atoms in total. The van der Waals surface area contributed by atoms with Crippen molar-refractivity contribution in [1.82, 2.24) is 14.8 Å². The number of hydrogen-bond donors (Lipinski definition) is 1. The number of nitrogens with one attached hydrogen (secondary N) is 1. The number of thiazole rings is 1. The van der Waals surface area contributed by atoms with Crippen LogP contribution in [0.25, 0.3) is 11.3 Å². The summed E-state index contributed by atoms with van der Waals surface area (Å²) in [5.41, 5.74) is 0.622. The van der Waals surface area contributed by atoms with Gasteiger partial charge in [-0.3, -0.25) is 4.72 Å². The minimum Gasteiger partial charge on any atom is -0.438 e. The third-order valence-corrected chi connectivity index (χ3v) is 6.55. The van der Waals surface area contributed by atoms with Crippen LogP contribution < -0.4 is 9.46 Å².